The molecule has 0 spiro atoms. The Labute approximate surface area is 102 Å². The summed E-state index contributed by atoms with van der Waals surface area (Å²) in [5.41, 5.74) is 0. The fourth-order valence-corrected chi connectivity index (χ4v) is 4.36. The van der Waals surface area contributed by atoms with E-state index in [0.29, 0.717) is 0 Å². The minimum Gasteiger partial charge on any atom is -0.0654 e. The van der Waals surface area contributed by atoms with Gasteiger partial charge in [0.25, 0.3) is 0 Å². The first kappa shape index (κ1) is 12.5. The minimum absolute atomic E-state index is 0.998. The van der Waals surface area contributed by atoms with Gasteiger partial charge in [0.2, 0.25) is 0 Å². The van der Waals surface area contributed by atoms with E-state index in [1.807, 2.05) is 0 Å². The lowest BCUT2D eigenvalue weighted by Gasteiger charge is -2.29. The highest BCUT2D eigenvalue weighted by atomic mass is 14.4. The average Bonchev–Trinajstić information content (AvgIpc) is 2.53. The van der Waals surface area contributed by atoms with Crippen LogP contribution in [0.3, 0.4) is 0 Å². The molecular formula is C16H30. The first-order chi connectivity index (χ1) is 7.70. The van der Waals surface area contributed by atoms with Crippen LogP contribution in [0, 0.1) is 29.6 Å². The summed E-state index contributed by atoms with van der Waals surface area (Å²) in [6.07, 6.45) is 12.1. The molecule has 16 heavy (non-hydrogen) atoms. The Hall–Kier alpha value is 0. The van der Waals surface area contributed by atoms with E-state index in [2.05, 4.69) is 20.8 Å². The fourth-order valence-electron chi connectivity index (χ4n) is 4.36. The Morgan fingerprint density at radius 3 is 2.44 bits per heavy atom. The van der Waals surface area contributed by atoms with Crippen LogP contribution in [0.5, 0.6) is 0 Å². The zero-order valence-electron chi connectivity index (χ0n) is 11.5. The Morgan fingerprint density at radius 1 is 0.938 bits per heavy atom. The Kier molecular flexibility index (Phi) is 4.33. The maximum atomic E-state index is 2.56. The maximum Gasteiger partial charge on any atom is -0.0381 e. The van der Waals surface area contributed by atoms with Gasteiger partial charge in [-0.25, -0.2) is 0 Å². The first-order valence-electron chi connectivity index (χ1n) is 7.70. The van der Waals surface area contributed by atoms with E-state index in [1.54, 1.807) is 6.42 Å². The molecule has 0 aromatic rings. The first-order valence-corrected chi connectivity index (χ1v) is 7.70. The van der Waals surface area contributed by atoms with Gasteiger partial charge in [0, 0.05) is 0 Å². The molecule has 5 atom stereocenters. The molecule has 0 radical (unpaired) electrons. The molecule has 0 nitrogen and oxygen atoms in total. The van der Waals surface area contributed by atoms with Gasteiger partial charge in [0.1, 0.15) is 0 Å². The SMILES string of the molecule is CCC[C@@H]1CCC2CCC(C)CC(C2)C1C. The van der Waals surface area contributed by atoms with Crippen LogP contribution in [-0.4, -0.2) is 0 Å². The van der Waals surface area contributed by atoms with Crippen molar-refractivity contribution in [1.82, 2.24) is 0 Å². The van der Waals surface area contributed by atoms with E-state index in [0.717, 1.165) is 29.6 Å². The predicted octanol–water partition coefficient (Wildman–Crippen LogP) is 5.28. The van der Waals surface area contributed by atoms with Gasteiger partial charge in [-0.05, 0) is 48.9 Å². The van der Waals surface area contributed by atoms with Crippen LogP contribution in [0.15, 0.2) is 0 Å². The molecule has 0 aromatic carbocycles. The monoisotopic (exact) mass is 222 g/mol. The molecule has 94 valence electrons. The number of hydrogen-bond donors (Lipinski definition) is 0. The third-order valence-corrected chi connectivity index (χ3v) is 5.50. The number of fused-ring (bicyclic) bond motifs is 2. The molecule has 2 fully saturated rings. The third-order valence-electron chi connectivity index (χ3n) is 5.50. The van der Waals surface area contributed by atoms with E-state index in [-0.39, 0.29) is 0 Å². The second-order valence-electron chi connectivity index (χ2n) is 6.77. The highest BCUT2D eigenvalue weighted by Crippen LogP contribution is 2.45. The average molecular weight is 222 g/mol. The number of rotatable bonds is 2. The fraction of sp³-hybridized carbons (Fsp3) is 1.00. The summed E-state index contributed by atoms with van der Waals surface area (Å²) in [5, 5.41) is 0. The van der Waals surface area contributed by atoms with Gasteiger partial charge in [-0.3, -0.25) is 0 Å². The summed E-state index contributed by atoms with van der Waals surface area (Å²) >= 11 is 0. The molecular weight excluding hydrogens is 192 g/mol. The molecule has 2 aliphatic rings. The van der Waals surface area contributed by atoms with E-state index < -0.39 is 0 Å². The van der Waals surface area contributed by atoms with Crippen LogP contribution in [-0.2, 0) is 0 Å². The van der Waals surface area contributed by atoms with Crippen molar-refractivity contribution in [1.29, 1.82) is 0 Å². The molecule has 0 heterocycles. The molecule has 2 saturated carbocycles. The zero-order valence-corrected chi connectivity index (χ0v) is 11.5. The highest BCUT2D eigenvalue weighted by Gasteiger charge is 2.34. The van der Waals surface area contributed by atoms with Gasteiger partial charge in [-0.1, -0.05) is 52.9 Å². The van der Waals surface area contributed by atoms with Crippen molar-refractivity contribution in [3.8, 4) is 0 Å². The maximum absolute atomic E-state index is 2.56. The molecule has 2 bridgehead atoms. The van der Waals surface area contributed by atoms with Crippen LogP contribution < -0.4 is 0 Å². The van der Waals surface area contributed by atoms with E-state index in [9.17, 15) is 0 Å². The largest absolute Gasteiger partial charge is 0.0654 e. The molecule has 2 rings (SSSR count). The molecule has 2 aliphatic carbocycles. The van der Waals surface area contributed by atoms with Gasteiger partial charge in [-0.15, -0.1) is 0 Å². The lowest BCUT2D eigenvalue weighted by molar-refractivity contribution is 0.208. The molecule has 4 unspecified atom stereocenters. The Bertz CT molecular complexity index is 208. The van der Waals surface area contributed by atoms with Gasteiger partial charge < -0.3 is 0 Å². The summed E-state index contributed by atoms with van der Waals surface area (Å²) in [4.78, 5) is 0. The van der Waals surface area contributed by atoms with Crippen LogP contribution in [0.1, 0.15) is 72.1 Å². The van der Waals surface area contributed by atoms with Gasteiger partial charge in [0.05, 0.1) is 0 Å². The topological polar surface area (TPSA) is 0 Å². The van der Waals surface area contributed by atoms with Crippen LogP contribution in [0.4, 0.5) is 0 Å². The molecule has 0 amide bonds. The standard InChI is InChI=1S/C16H30/c1-4-5-15-9-8-14-7-6-12(2)10-16(11-14)13(15)3/h12-16H,4-11H2,1-3H3/t12?,13?,14?,15-,16?/m1/s1. The highest BCUT2D eigenvalue weighted by molar-refractivity contribution is 4.85. The van der Waals surface area contributed by atoms with E-state index >= 15 is 0 Å². The number of hydrogen-bond acceptors (Lipinski definition) is 0. The van der Waals surface area contributed by atoms with E-state index in [4.69, 9.17) is 0 Å². The summed E-state index contributed by atoms with van der Waals surface area (Å²) in [7, 11) is 0. The molecule has 0 saturated heterocycles. The minimum atomic E-state index is 0.998. The molecule has 0 heteroatoms. The smallest absolute Gasteiger partial charge is 0.0381 e. The van der Waals surface area contributed by atoms with Crippen molar-refractivity contribution in [3.05, 3.63) is 0 Å². The lowest BCUT2D eigenvalue weighted by Crippen LogP contribution is -2.20. The van der Waals surface area contributed by atoms with Crippen molar-refractivity contribution in [3.63, 3.8) is 0 Å². The summed E-state index contributed by atoms with van der Waals surface area (Å²) in [5.74, 6) is 5.19. The Morgan fingerprint density at radius 2 is 1.69 bits per heavy atom. The summed E-state index contributed by atoms with van der Waals surface area (Å²) in [6.45, 7) is 7.41. The van der Waals surface area contributed by atoms with Crippen molar-refractivity contribution in [2.24, 2.45) is 29.6 Å². The zero-order chi connectivity index (χ0) is 11.5. The van der Waals surface area contributed by atoms with Crippen molar-refractivity contribution < 1.29 is 0 Å². The summed E-state index contributed by atoms with van der Waals surface area (Å²) < 4.78 is 0. The van der Waals surface area contributed by atoms with Gasteiger partial charge in [-0.2, -0.15) is 0 Å². The second kappa shape index (κ2) is 5.56. The second-order valence-corrected chi connectivity index (χ2v) is 6.77. The predicted molar refractivity (Wildman–Crippen MR) is 71.4 cm³/mol. The van der Waals surface area contributed by atoms with E-state index in [1.165, 1.54) is 44.9 Å². The Balaban J connectivity index is 2.05. The van der Waals surface area contributed by atoms with Gasteiger partial charge >= 0.3 is 0 Å². The summed E-state index contributed by atoms with van der Waals surface area (Å²) in [6, 6.07) is 0. The van der Waals surface area contributed by atoms with Gasteiger partial charge in [0.15, 0.2) is 0 Å². The normalized spacial score (nSPS) is 44.8. The molecule has 0 N–H and O–H groups in total. The lowest BCUT2D eigenvalue weighted by atomic mass is 9.76. The van der Waals surface area contributed by atoms with Crippen molar-refractivity contribution >= 4 is 0 Å². The van der Waals surface area contributed by atoms with Crippen molar-refractivity contribution in [2.45, 2.75) is 72.1 Å². The van der Waals surface area contributed by atoms with Crippen molar-refractivity contribution in [2.75, 3.05) is 0 Å². The molecule has 0 aromatic heterocycles. The van der Waals surface area contributed by atoms with Crippen LogP contribution >= 0.6 is 0 Å². The van der Waals surface area contributed by atoms with Crippen LogP contribution in [0.25, 0.3) is 0 Å². The third kappa shape index (κ3) is 2.81. The van der Waals surface area contributed by atoms with Crippen LogP contribution in [0.2, 0.25) is 0 Å². The molecule has 0 aliphatic heterocycles. The quantitative estimate of drug-likeness (QED) is 0.596.